The zero-order valence-corrected chi connectivity index (χ0v) is 13.7. The molecule has 0 aliphatic carbocycles. The number of nitrogens with zero attached hydrogens (tertiary/aromatic N) is 1. The predicted octanol–water partition coefficient (Wildman–Crippen LogP) is 3.60. The number of nitrogens with one attached hydrogen (secondary N) is 1. The number of ether oxygens (including phenoxy) is 1. The number of hydrogen-bond donors (Lipinski definition) is 1. The van der Waals surface area contributed by atoms with E-state index >= 15 is 0 Å². The average Bonchev–Trinajstić information content (AvgIpc) is 2.46. The summed E-state index contributed by atoms with van der Waals surface area (Å²) in [5.74, 6) is 1.01. The predicted molar refractivity (Wildman–Crippen MR) is 86.3 cm³/mol. The van der Waals surface area contributed by atoms with Gasteiger partial charge < -0.3 is 15.0 Å². The molecule has 3 heteroatoms. The highest BCUT2D eigenvalue weighted by atomic mass is 16.5. The van der Waals surface area contributed by atoms with Crippen molar-refractivity contribution in [2.24, 2.45) is 0 Å². The maximum absolute atomic E-state index is 5.75. The van der Waals surface area contributed by atoms with Crippen molar-refractivity contribution in [3.63, 3.8) is 0 Å². The van der Waals surface area contributed by atoms with Crippen LogP contribution in [0.15, 0.2) is 18.2 Å². The molecule has 0 spiro atoms. The summed E-state index contributed by atoms with van der Waals surface area (Å²) in [6.45, 7) is 12.4. The Morgan fingerprint density at radius 3 is 2.60 bits per heavy atom. The van der Waals surface area contributed by atoms with Crippen LogP contribution in [-0.2, 0) is 6.54 Å². The quantitative estimate of drug-likeness (QED) is 0.747. The standard InChI is InChI=1S/C17H30N2O/c1-6-11-18-14(4)15-9-10-17(20-8-3)16(12-15)13-19(5)7-2/h9-10,12,14,18H,6-8,11,13H2,1-5H3. The summed E-state index contributed by atoms with van der Waals surface area (Å²) in [5, 5.41) is 3.54. The van der Waals surface area contributed by atoms with Crippen LogP contribution in [0.5, 0.6) is 5.75 Å². The molecule has 0 amide bonds. The lowest BCUT2D eigenvalue weighted by Gasteiger charge is -2.20. The first-order valence-electron chi connectivity index (χ1n) is 7.79. The molecule has 3 nitrogen and oxygen atoms in total. The molecule has 0 aliphatic heterocycles. The summed E-state index contributed by atoms with van der Waals surface area (Å²) in [6, 6.07) is 6.95. The number of rotatable bonds is 9. The Labute approximate surface area is 124 Å². The van der Waals surface area contributed by atoms with E-state index in [1.165, 1.54) is 11.1 Å². The summed E-state index contributed by atoms with van der Waals surface area (Å²) in [5.41, 5.74) is 2.61. The molecule has 20 heavy (non-hydrogen) atoms. The third-order valence-corrected chi connectivity index (χ3v) is 3.57. The van der Waals surface area contributed by atoms with Gasteiger partial charge in [-0.2, -0.15) is 0 Å². The highest BCUT2D eigenvalue weighted by molar-refractivity contribution is 5.38. The van der Waals surface area contributed by atoms with E-state index < -0.39 is 0 Å². The van der Waals surface area contributed by atoms with Crippen LogP contribution in [-0.4, -0.2) is 31.6 Å². The van der Waals surface area contributed by atoms with E-state index in [0.29, 0.717) is 12.6 Å². The van der Waals surface area contributed by atoms with Crippen LogP contribution in [0.25, 0.3) is 0 Å². The number of hydrogen-bond acceptors (Lipinski definition) is 3. The zero-order valence-electron chi connectivity index (χ0n) is 13.7. The van der Waals surface area contributed by atoms with Crippen molar-refractivity contribution in [2.45, 2.75) is 46.7 Å². The minimum atomic E-state index is 0.385. The van der Waals surface area contributed by atoms with Crippen LogP contribution in [0.1, 0.15) is 51.3 Å². The molecular formula is C17H30N2O. The Morgan fingerprint density at radius 1 is 1.25 bits per heavy atom. The smallest absolute Gasteiger partial charge is 0.123 e. The average molecular weight is 278 g/mol. The van der Waals surface area contributed by atoms with Gasteiger partial charge in [-0.05, 0) is 58.1 Å². The summed E-state index contributed by atoms with van der Waals surface area (Å²) in [7, 11) is 2.14. The first-order chi connectivity index (χ1) is 9.62. The molecule has 0 bridgehead atoms. The van der Waals surface area contributed by atoms with Gasteiger partial charge in [-0.1, -0.05) is 19.9 Å². The fraction of sp³-hybridized carbons (Fsp3) is 0.647. The van der Waals surface area contributed by atoms with Gasteiger partial charge in [-0.15, -0.1) is 0 Å². The SMILES string of the molecule is CCCNC(C)c1ccc(OCC)c(CN(C)CC)c1. The van der Waals surface area contributed by atoms with E-state index in [2.05, 4.69) is 56.2 Å². The number of benzene rings is 1. The summed E-state index contributed by atoms with van der Waals surface area (Å²) >= 11 is 0. The van der Waals surface area contributed by atoms with E-state index in [0.717, 1.165) is 31.8 Å². The molecule has 0 saturated carbocycles. The zero-order chi connectivity index (χ0) is 15.0. The van der Waals surface area contributed by atoms with Crippen LogP contribution < -0.4 is 10.1 Å². The summed E-state index contributed by atoms with van der Waals surface area (Å²) < 4.78 is 5.75. The van der Waals surface area contributed by atoms with Gasteiger partial charge in [-0.25, -0.2) is 0 Å². The minimum absolute atomic E-state index is 0.385. The molecule has 1 aromatic carbocycles. The first kappa shape index (κ1) is 17.0. The van der Waals surface area contributed by atoms with Crippen molar-refractivity contribution < 1.29 is 4.74 Å². The van der Waals surface area contributed by atoms with Gasteiger partial charge in [-0.3, -0.25) is 0 Å². The van der Waals surface area contributed by atoms with E-state index in [1.807, 2.05) is 6.92 Å². The molecule has 1 rings (SSSR count). The van der Waals surface area contributed by atoms with E-state index in [1.54, 1.807) is 0 Å². The monoisotopic (exact) mass is 278 g/mol. The van der Waals surface area contributed by atoms with Gasteiger partial charge in [0.25, 0.3) is 0 Å². The van der Waals surface area contributed by atoms with Crippen molar-refractivity contribution >= 4 is 0 Å². The molecule has 0 fully saturated rings. The second-order valence-corrected chi connectivity index (χ2v) is 5.31. The van der Waals surface area contributed by atoms with E-state index in [4.69, 9.17) is 4.74 Å². The van der Waals surface area contributed by atoms with Crippen molar-refractivity contribution in [3.8, 4) is 5.75 Å². The third kappa shape index (κ3) is 5.14. The Bertz CT molecular complexity index is 393. The van der Waals surface area contributed by atoms with E-state index in [9.17, 15) is 0 Å². The van der Waals surface area contributed by atoms with Crippen molar-refractivity contribution in [3.05, 3.63) is 29.3 Å². The van der Waals surface area contributed by atoms with Gasteiger partial charge in [0, 0.05) is 18.2 Å². The molecule has 0 aliphatic rings. The van der Waals surface area contributed by atoms with Gasteiger partial charge in [0.2, 0.25) is 0 Å². The van der Waals surface area contributed by atoms with E-state index in [-0.39, 0.29) is 0 Å². The van der Waals surface area contributed by atoms with Gasteiger partial charge in [0.1, 0.15) is 5.75 Å². The summed E-state index contributed by atoms with van der Waals surface area (Å²) in [4.78, 5) is 2.30. The Balaban J connectivity index is 2.90. The highest BCUT2D eigenvalue weighted by Crippen LogP contribution is 2.25. The fourth-order valence-corrected chi connectivity index (χ4v) is 2.17. The normalized spacial score (nSPS) is 12.7. The molecule has 0 heterocycles. The lowest BCUT2D eigenvalue weighted by atomic mass is 10.0. The van der Waals surface area contributed by atoms with Crippen molar-refractivity contribution in [1.29, 1.82) is 0 Å². The topological polar surface area (TPSA) is 24.5 Å². The Hall–Kier alpha value is -1.06. The van der Waals surface area contributed by atoms with Crippen LogP contribution >= 0.6 is 0 Å². The van der Waals surface area contributed by atoms with Gasteiger partial charge in [0.05, 0.1) is 6.61 Å². The van der Waals surface area contributed by atoms with Crippen LogP contribution in [0.3, 0.4) is 0 Å². The molecular weight excluding hydrogens is 248 g/mol. The Morgan fingerprint density at radius 2 is 2.00 bits per heavy atom. The molecule has 1 aromatic rings. The maximum Gasteiger partial charge on any atom is 0.123 e. The Kier molecular flexibility index (Phi) is 7.63. The van der Waals surface area contributed by atoms with Crippen LogP contribution in [0.4, 0.5) is 0 Å². The third-order valence-electron chi connectivity index (χ3n) is 3.57. The summed E-state index contributed by atoms with van der Waals surface area (Å²) in [6.07, 6.45) is 1.16. The molecule has 0 saturated heterocycles. The second-order valence-electron chi connectivity index (χ2n) is 5.31. The lowest BCUT2D eigenvalue weighted by molar-refractivity contribution is 0.311. The largest absolute Gasteiger partial charge is 0.494 e. The van der Waals surface area contributed by atoms with Gasteiger partial charge in [0.15, 0.2) is 0 Å². The molecule has 114 valence electrons. The molecule has 1 unspecified atom stereocenters. The highest BCUT2D eigenvalue weighted by Gasteiger charge is 2.10. The molecule has 0 aromatic heterocycles. The molecule has 0 radical (unpaired) electrons. The molecule has 1 atom stereocenters. The van der Waals surface area contributed by atoms with Crippen molar-refractivity contribution in [1.82, 2.24) is 10.2 Å². The molecule has 1 N–H and O–H groups in total. The van der Waals surface area contributed by atoms with Crippen molar-refractivity contribution in [2.75, 3.05) is 26.7 Å². The van der Waals surface area contributed by atoms with Crippen LogP contribution in [0, 0.1) is 0 Å². The fourth-order valence-electron chi connectivity index (χ4n) is 2.17. The maximum atomic E-state index is 5.75. The minimum Gasteiger partial charge on any atom is -0.494 e. The lowest BCUT2D eigenvalue weighted by Crippen LogP contribution is -2.21. The van der Waals surface area contributed by atoms with Crippen LogP contribution in [0.2, 0.25) is 0 Å². The van der Waals surface area contributed by atoms with Gasteiger partial charge >= 0.3 is 0 Å². The first-order valence-corrected chi connectivity index (χ1v) is 7.79. The second kappa shape index (κ2) is 8.98.